The van der Waals surface area contributed by atoms with E-state index in [2.05, 4.69) is 30.2 Å². The molecular formula is C21H26ClN3O. The first-order valence-corrected chi connectivity index (χ1v) is 9.35. The molecule has 0 spiro atoms. The molecule has 0 radical (unpaired) electrons. The third-order valence-electron chi connectivity index (χ3n) is 4.44. The second-order valence-electron chi connectivity index (χ2n) is 6.56. The van der Waals surface area contributed by atoms with Gasteiger partial charge in [-0.15, -0.1) is 0 Å². The summed E-state index contributed by atoms with van der Waals surface area (Å²) in [6, 6.07) is 8.31. The minimum absolute atomic E-state index is 0.233. The van der Waals surface area contributed by atoms with E-state index >= 15 is 0 Å². The molecule has 1 aromatic heterocycles. The average Bonchev–Trinajstić information content (AvgIpc) is 2.58. The molecule has 5 heteroatoms. The van der Waals surface area contributed by atoms with Crippen LogP contribution in [0.15, 0.2) is 18.2 Å². The average molecular weight is 372 g/mol. The van der Waals surface area contributed by atoms with E-state index in [9.17, 15) is 5.26 Å². The molecule has 0 amide bonds. The highest BCUT2D eigenvalue weighted by atomic mass is 35.5. The number of halogens is 1. The Labute approximate surface area is 161 Å². The number of aryl methyl sites for hydroxylation is 3. The van der Waals surface area contributed by atoms with E-state index in [4.69, 9.17) is 16.3 Å². The molecule has 0 aliphatic carbocycles. The number of hydrogen-bond acceptors (Lipinski definition) is 4. The minimum Gasteiger partial charge on any atom is -0.438 e. The van der Waals surface area contributed by atoms with E-state index in [1.807, 2.05) is 39.0 Å². The van der Waals surface area contributed by atoms with Gasteiger partial charge in [0.1, 0.15) is 5.75 Å². The molecule has 0 fully saturated rings. The summed E-state index contributed by atoms with van der Waals surface area (Å²) in [5.41, 5.74) is 4.44. The van der Waals surface area contributed by atoms with Crippen LogP contribution in [0.2, 0.25) is 5.02 Å². The van der Waals surface area contributed by atoms with Crippen molar-refractivity contribution in [2.75, 3.05) is 5.32 Å². The summed E-state index contributed by atoms with van der Waals surface area (Å²) in [6.45, 7) is 10.1. The van der Waals surface area contributed by atoms with Gasteiger partial charge in [-0.2, -0.15) is 5.26 Å². The molecule has 1 aromatic carbocycles. The van der Waals surface area contributed by atoms with Gasteiger partial charge < -0.3 is 10.1 Å². The van der Waals surface area contributed by atoms with Crippen LogP contribution in [0.4, 0.5) is 5.69 Å². The molecule has 4 nitrogen and oxygen atoms in total. The van der Waals surface area contributed by atoms with E-state index in [1.54, 1.807) is 0 Å². The number of benzene rings is 1. The van der Waals surface area contributed by atoms with Crippen molar-refractivity contribution in [2.45, 2.75) is 59.9 Å². The molecule has 0 atom stereocenters. The van der Waals surface area contributed by atoms with Crippen molar-refractivity contribution in [1.29, 1.82) is 5.26 Å². The largest absolute Gasteiger partial charge is 0.438 e. The molecule has 26 heavy (non-hydrogen) atoms. The Balaban J connectivity index is 2.51. The van der Waals surface area contributed by atoms with Gasteiger partial charge in [-0.3, -0.25) is 0 Å². The molecule has 138 valence electrons. The zero-order valence-electron chi connectivity index (χ0n) is 16.1. The van der Waals surface area contributed by atoms with Gasteiger partial charge in [-0.1, -0.05) is 25.4 Å². The highest BCUT2D eigenvalue weighted by Crippen LogP contribution is 2.35. The fourth-order valence-corrected chi connectivity index (χ4v) is 3.33. The van der Waals surface area contributed by atoms with Gasteiger partial charge in [0.05, 0.1) is 18.1 Å². The monoisotopic (exact) mass is 371 g/mol. The highest BCUT2D eigenvalue weighted by molar-refractivity contribution is 6.30. The number of aromatic nitrogens is 1. The summed E-state index contributed by atoms with van der Waals surface area (Å²) in [5.74, 6) is 1.22. The standard InChI is InChI=1S/C21H26ClN3O/c1-6-17(7-2)25-19-12-15(5)24-21(18(19)8-9-23)26-20-13(3)10-16(22)11-14(20)4/h10-12,17H,6-8H2,1-5H3,(H,24,25). The van der Waals surface area contributed by atoms with Crippen molar-refractivity contribution in [3.05, 3.63) is 45.6 Å². The Morgan fingerprint density at radius 3 is 2.31 bits per heavy atom. The van der Waals surface area contributed by atoms with Crippen molar-refractivity contribution >= 4 is 17.3 Å². The van der Waals surface area contributed by atoms with Crippen molar-refractivity contribution < 1.29 is 4.74 Å². The number of nitriles is 1. The molecule has 0 aliphatic heterocycles. The maximum Gasteiger partial charge on any atom is 0.225 e. The number of pyridine rings is 1. The van der Waals surface area contributed by atoms with Gasteiger partial charge in [-0.25, -0.2) is 4.98 Å². The zero-order valence-corrected chi connectivity index (χ0v) is 16.9. The summed E-state index contributed by atoms with van der Waals surface area (Å²) in [7, 11) is 0. The maximum absolute atomic E-state index is 9.32. The Bertz CT molecular complexity index is 800. The molecule has 2 rings (SSSR count). The molecule has 0 saturated carbocycles. The molecule has 0 aliphatic rings. The van der Waals surface area contributed by atoms with Crippen molar-refractivity contribution in [1.82, 2.24) is 4.98 Å². The van der Waals surface area contributed by atoms with Gasteiger partial charge in [-0.05, 0) is 62.9 Å². The van der Waals surface area contributed by atoms with Crippen LogP contribution in [0.5, 0.6) is 11.6 Å². The SMILES string of the molecule is CCC(CC)Nc1cc(C)nc(Oc2c(C)cc(Cl)cc2C)c1CC#N. The predicted molar refractivity (Wildman–Crippen MR) is 107 cm³/mol. The lowest BCUT2D eigenvalue weighted by atomic mass is 10.1. The van der Waals surface area contributed by atoms with E-state index in [0.717, 1.165) is 46.7 Å². The first kappa shape index (κ1) is 20.1. The minimum atomic E-state index is 0.233. The zero-order chi connectivity index (χ0) is 19.3. The molecule has 1 N–H and O–H groups in total. The van der Waals surface area contributed by atoms with Gasteiger partial charge >= 0.3 is 0 Å². The van der Waals surface area contributed by atoms with Crippen LogP contribution < -0.4 is 10.1 Å². The Morgan fingerprint density at radius 1 is 1.15 bits per heavy atom. The molecular weight excluding hydrogens is 346 g/mol. The summed E-state index contributed by atoms with van der Waals surface area (Å²) < 4.78 is 6.19. The van der Waals surface area contributed by atoms with Gasteiger partial charge in [0, 0.05) is 22.4 Å². The number of nitrogens with one attached hydrogen (secondary N) is 1. The van der Waals surface area contributed by atoms with Crippen LogP contribution >= 0.6 is 11.6 Å². The van der Waals surface area contributed by atoms with E-state index < -0.39 is 0 Å². The summed E-state index contributed by atoms with van der Waals surface area (Å²) in [5, 5.41) is 13.5. The molecule has 2 aromatic rings. The number of nitrogens with zero attached hydrogens (tertiary/aromatic N) is 2. The first-order chi connectivity index (χ1) is 12.4. The third-order valence-corrected chi connectivity index (χ3v) is 4.66. The fraction of sp³-hybridized carbons (Fsp3) is 0.429. The number of anilines is 1. The van der Waals surface area contributed by atoms with Crippen molar-refractivity contribution in [3.63, 3.8) is 0 Å². The van der Waals surface area contributed by atoms with Crippen LogP contribution in [0.3, 0.4) is 0 Å². The Kier molecular flexibility index (Phi) is 6.88. The van der Waals surface area contributed by atoms with E-state index in [1.165, 1.54) is 0 Å². The van der Waals surface area contributed by atoms with Crippen molar-refractivity contribution in [3.8, 4) is 17.7 Å². The third kappa shape index (κ3) is 4.68. The lowest BCUT2D eigenvalue weighted by molar-refractivity contribution is 0.450. The molecule has 1 heterocycles. The second kappa shape index (κ2) is 8.91. The van der Waals surface area contributed by atoms with Crippen LogP contribution in [-0.2, 0) is 6.42 Å². The Hall–Kier alpha value is -2.25. The van der Waals surface area contributed by atoms with Crippen LogP contribution in [0, 0.1) is 32.1 Å². The topological polar surface area (TPSA) is 57.9 Å². The van der Waals surface area contributed by atoms with Gasteiger partial charge in [0.2, 0.25) is 5.88 Å². The number of hydrogen-bond donors (Lipinski definition) is 1. The molecule has 0 saturated heterocycles. The van der Waals surface area contributed by atoms with Crippen LogP contribution in [-0.4, -0.2) is 11.0 Å². The van der Waals surface area contributed by atoms with E-state index in [0.29, 0.717) is 16.9 Å². The first-order valence-electron chi connectivity index (χ1n) is 8.98. The lowest BCUT2D eigenvalue weighted by Crippen LogP contribution is -2.18. The lowest BCUT2D eigenvalue weighted by Gasteiger charge is -2.21. The summed E-state index contributed by atoms with van der Waals surface area (Å²) >= 11 is 6.12. The smallest absolute Gasteiger partial charge is 0.225 e. The normalized spacial score (nSPS) is 10.7. The predicted octanol–water partition coefficient (Wildman–Crippen LogP) is 6.12. The molecule has 0 unspecified atom stereocenters. The highest BCUT2D eigenvalue weighted by Gasteiger charge is 2.17. The summed E-state index contributed by atoms with van der Waals surface area (Å²) in [4.78, 5) is 4.56. The quantitative estimate of drug-likeness (QED) is 0.636. The van der Waals surface area contributed by atoms with Crippen LogP contribution in [0.1, 0.15) is 49.1 Å². The van der Waals surface area contributed by atoms with Crippen molar-refractivity contribution in [2.24, 2.45) is 0 Å². The number of ether oxygens (including phenoxy) is 1. The fourth-order valence-electron chi connectivity index (χ4n) is 3.00. The maximum atomic E-state index is 9.32. The van der Waals surface area contributed by atoms with Gasteiger partial charge in [0.25, 0.3) is 0 Å². The summed E-state index contributed by atoms with van der Waals surface area (Å²) in [6.07, 6.45) is 2.25. The van der Waals surface area contributed by atoms with Crippen LogP contribution in [0.25, 0.3) is 0 Å². The molecule has 0 bridgehead atoms. The Morgan fingerprint density at radius 2 is 1.77 bits per heavy atom. The van der Waals surface area contributed by atoms with E-state index in [-0.39, 0.29) is 6.42 Å². The second-order valence-corrected chi connectivity index (χ2v) is 6.99. The number of rotatable bonds is 7. The van der Waals surface area contributed by atoms with Gasteiger partial charge in [0.15, 0.2) is 0 Å².